The second-order valence-electron chi connectivity index (χ2n) is 7.41. The number of amides is 3. The maximum Gasteiger partial charge on any atom is 0.325 e. The fourth-order valence-corrected chi connectivity index (χ4v) is 2.35. The minimum atomic E-state index is -1.17. The predicted molar refractivity (Wildman–Crippen MR) is 102 cm³/mol. The van der Waals surface area contributed by atoms with Crippen molar-refractivity contribution in [3.05, 3.63) is 0 Å². The first-order valence-corrected chi connectivity index (χ1v) is 9.30. The molecule has 0 saturated carbocycles. The molecule has 0 aromatic heterocycles. The van der Waals surface area contributed by atoms with Crippen LogP contribution in [0.5, 0.6) is 0 Å². The predicted octanol–water partition coefficient (Wildman–Crippen LogP) is -0.0153. The van der Waals surface area contributed by atoms with Crippen molar-refractivity contribution < 1.29 is 24.3 Å². The summed E-state index contributed by atoms with van der Waals surface area (Å²) in [6.45, 7) is 10.4. The van der Waals surface area contributed by atoms with Gasteiger partial charge >= 0.3 is 5.97 Å². The van der Waals surface area contributed by atoms with Gasteiger partial charge in [-0.1, -0.05) is 34.1 Å². The second kappa shape index (κ2) is 11.5. The van der Waals surface area contributed by atoms with E-state index in [2.05, 4.69) is 16.0 Å². The standard InChI is InChI=1S/C18H34N4O5/c1-7-10(4)14(17(25)21-12(6)18(26)27)22-15(23)11(5)20-16(24)13(19)8-9(2)3/h9-14H,7-8,19H2,1-6H3,(H,20,24)(H,21,25)(H,22,23)(H,26,27). The maximum atomic E-state index is 12.4. The van der Waals surface area contributed by atoms with E-state index in [1.165, 1.54) is 13.8 Å². The molecule has 0 saturated heterocycles. The molecule has 5 atom stereocenters. The average Bonchev–Trinajstić information content (AvgIpc) is 2.57. The Bertz CT molecular complexity index is 538. The number of aliphatic carboxylic acids is 1. The molecule has 0 heterocycles. The highest BCUT2D eigenvalue weighted by molar-refractivity contribution is 5.93. The lowest BCUT2D eigenvalue weighted by Gasteiger charge is -2.26. The second-order valence-corrected chi connectivity index (χ2v) is 7.41. The van der Waals surface area contributed by atoms with Crippen molar-refractivity contribution >= 4 is 23.7 Å². The summed E-state index contributed by atoms with van der Waals surface area (Å²) >= 11 is 0. The zero-order chi connectivity index (χ0) is 21.3. The zero-order valence-corrected chi connectivity index (χ0v) is 17.0. The molecule has 6 N–H and O–H groups in total. The largest absolute Gasteiger partial charge is 0.480 e. The summed E-state index contributed by atoms with van der Waals surface area (Å²) in [7, 11) is 0. The average molecular weight is 386 g/mol. The Hall–Kier alpha value is -2.16. The fraction of sp³-hybridized carbons (Fsp3) is 0.778. The number of carbonyl (C=O) groups excluding carboxylic acids is 3. The molecule has 27 heavy (non-hydrogen) atoms. The highest BCUT2D eigenvalue weighted by Crippen LogP contribution is 2.09. The number of rotatable bonds is 11. The summed E-state index contributed by atoms with van der Waals surface area (Å²) in [6, 6.07) is -3.59. The molecule has 0 aliphatic rings. The molecule has 0 radical (unpaired) electrons. The number of carbonyl (C=O) groups is 4. The highest BCUT2D eigenvalue weighted by atomic mass is 16.4. The minimum Gasteiger partial charge on any atom is -0.480 e. The minimum absolute atomic E-state index is 0.221. The quantitative estimate of drug-likeness (QED) is 0.337. The van der Waals surface area contributed by atoms with Crippen LogP contribution in [0.2, 0.25) is 0 Å². The smallest absolute Gasteiger partial charge is 0.325 e. The van der Waals surface area contributed by atoms with Gasteiger partial charge in [-0.3, -0.25) is 19.2 Å². The molecular weight excluding hydrogens is 352 g/mol. The maximum absolute atomic E-state index is 12.4. The normalized spacial score (nSPS) is 16.6. The monoisotopic (exact) mass is 386 g/mol. The van der Waals surface area contributed by atoms with Crippen molar-refractivity contribution in [2.75, 3.05) is 0 Å². The first-order chi connectivity index (χ1) is 12.4. The molecule has 9 heteroatoms. The molecule has 156 valence electrons. The van der Waals surface area contributed by atoms with Crippen molar-refractivity contribution in [3.8, 4) is 0 Å². The van der Waals surface area contributed by atoms with Crippen molar-refractivity contribution in [2.45, 2.75) is 78.6 Å². The van der Waals surface area contributed by atoms with Gasteiger partial charge < -0.3 is 26.8 Å². The van der Waals surface area contributed by atoms with Crippen molar-refractivity contribution in [3.63, 3.8) is 0 Å². The third kappa shape index (κ3) is 8.85. The van der Waals surface area contributed by atoms with E-state index in [0.29, 0.717) is 12.8 Å². The third-order valence-electron chi connectivity index (χ3n) is 4.34. The van der Waals surface area contributed by atoms with E-state index in [-0.39, 0.29) is 11.8 Å². The van der Waals surface area contributed by atoms with Crippen LogP contribution in [0.1, 0.15) is 54.4 Å². The molecule has 3 amide bonds. The summed E-state index contributed by atoms with van der Waals surface area (Å²) in [5.41, 5.74) is 5.81. The van der Waals surface area contributed by atoms with Crippen LogP contribution in [0.4, 0.5) is 0 Å². The van der Waals surface area contributed by atoms with Gasteiger partial charge in [0.15, 0.2) is 0 Å². The lowest BCUT2D eigenvalue weighted by molar-refractivity contribution is -0.142. The molecule has 5 unspecified atom stereocenters. The van der Waals surface area contributed by atoms with E-state index < -0.39 is 47.9 Å². The molecule has 0 rings (SSSR count). The lowest BCUT2D eigenvalue weighted by Crippen LogP contribution is -2.57. The van der Waals surface area contributed by atoms with E-state index in [0.717, 1.165) is 0 Å². The Morgan fingerprint density at radius 2 is 1.37 bits per heavy atom. The van der Waals surface area contributed by atoms with E-state index in [4.69, 9.17) is 10.8 Å². The summed E-state index contributed by atoms with van der Waals surface area (Å²) in [4.78, 5) is 47.8. The molecule has 0 aliphatic carbocycles. The molecule has 0 aliphatic heterocycles. The Morgan fingerprint density at radius 3 is 1.81 bits per heavy atom. The van der Waals surface area contributed by atoms with Gasteiger partial charge in [-0.2, -0.15) is 0 Å². The lowest BCUT2D eigenvalue weighted by atomic mass is 9.97. The summed E-state index contributed by atoms with van der Waals surface area (Å²) < 4.78 is 0. The van der Waals surface area contributed by atoms with Crippen LogP contribution >= 0.6 is 0 Å². The fourth-order valence-electron chi connectivity index (χ4n) is 2.35. The van der Waals surface area contributed by atoms with Gasteiger partial charge in [0.2, 0.25) is 17.7 Å². The topological polar surface area (TPSA) is 151 Å². The van der Waals surface area contributed by atoms with Gasteiger partial charge in [-0.25, -0.2) is 0 Å². The molecule has 0 aromatic rings. The number of hydrogen-bond acceptors (Lipinski definition) is 5. The highest BCUT2D eigenvalue weighted by Gasteiger charge is 2.30. The van der Waals surface area contributed by atoms with Gasteiger partial charge in [0.05, 0.1) is 6.04 Å². The molecular formula is C18H34N4O5. The molecule has 0 bridgehead atoms. The van der Waals surface area contributed by atoms with Crippen LogP contribution in [0, 0.1) is 11.8 Å². The van der Waals surface area contributed by atoms with Gasteiger partial charge in [0.25, 0.3) is 0 Å². The Balaban J connectivity index is 4.95. The molecule has 0 aromatic carbocycles. The number of nitrogens with two attached hydrogens (primary N) is 1. The van der Waals surface area contributed by atoms with Gasteiger partial charge in [-0.15, -0.1) is 0 Å². The van der Waals surface area contributed by atoms with Gasteiger partial charge in [-0.05, 0) is 32.1 Å². The van der Waals surface area contributed by atoms with Crippen LogP contribution in [-0.2, 0) is 19.2 Å². The van der Waals surface area contributed by atoms with Gasteiger partial charge in [0.1, 0.15) is 18.1 Å². The van der Waals surface area contributed by atoms with Crippen LogP contribution in [0.3, 0.4) is 0 Å². The number of nitrogens with one attached hydrogen (secondary N) is 3. The van der Waals surface area contributed by atoms with E-state index in [1.54, 1.807) is 6.92 Å². The van der Waals surface area contributed by atoms with Crippen LogP contribution in [0.25, 0.3) is 0 Å². The van der Waals surface area contributed by atoms with Crippen molar-refractivity contribution in [1.82, 2.24) is 16.0 Å². The first kappa shape index (κ1) is 24.8. The number of carboxylic acids is 1. The van der Waals surface area contributed by atoms with Gasteiger partial charge in [0, 0.05) is 0 Å². The first-order valence-electron chi connectivity index (χ1n) is 9.30. The SMILES string of the molecule is CCC(C)C(NC(=O)C(C)NC(=O)C(N)CC(C)C)C(=O)NC(C)C(=O)O. The summed E-state index contributed by atoms with van der Waals surface area (Å²) in [6.07, 6.45) is 1.09. The Kier molecular flexibility index (Phi) is 10.6. The molecule has 0 spiro atoms. The number of hydrogen-bond donors (Lipinski definition) is 5. The van der Waals surface area contributed by atoms with E-state index >= 15 is 0 Å². The molecule has 9 nitrogen and oxygen atoms in total. The van der Waals surface area contributed by atoms with Crippen molar-refractivity contribution in [2.24, 2.45) is 17.6 Å². The van der Waals surface area contributed by atoms with Crippen LogP contribution in [-0.4, -0.2) is 53.0 Å². The Morgan fingerprint density at radius 1 is 0.852 bits per heavy atom. The molecule has 0 fully saturated rings. The third-order valence-corrected chi connectivity index (χ3v) is 4.34. The van der Waals surface area contributed by atoms with E-state index in [9.17, 15) is 19.2 Å². The zero-order valence-electron chi connectivity index (χ0n) is 17.0. The summed E-state index contributed by atoms with van der Waals surface area (Å²) in [5, 5.41) is 16.4. The summed E-state index contributed by atoms with van der Waals surface area (Å²) in [5.74, 6) is -2.70. The van der Waals surface area contributed by atoms with E-state index in [1.807, 2.05) is 20.8 Å². The van der Waals surface area contributed by atoms with Crippen molar-refractivity contribution in [1.29, 1.82) is 0 Å². The van der Waals surface area contributed by atoms with Crippen LogP contribution < -0.4 is 21.7 Å². The number of carboxylic acid groups (broad SMARTS) is 1. The van der Waals surface area contributed by atoms with Crippen LogP contribution in [0.15, 0.2) is 0 Å². The Labute approximate surface area is 160 Å².